The van der Waals surface area contributed by atoms with Gasteiger partial charge in [-0.25, -0.2) is 0 Å². The maximum atomic E-state index is 4.94. The van der Waals surface area contributed by atoms with Gasteiger partial charge >= 0.3 is 0 Å². The van der Waals surface area contributed by atoms with Crippen LogP contribution >= 0.6 is 9.24 Å². The Bertz CT molecular complexity index is 198. The van der Waals surface area contributed by atoms with E-state index in [1.54, 1.807) is 6.26 Å². The van der Waals surface area contributed by atoms with Crippen molar-refractivity contribution in [2.45, 2.75) is 26.7 Å². The van der Waals surface area contributed by atoms with E-state index in [1.165, 1.54) is 12.8 Å². The minimum atomic E-state index is 0.844. The van der Waals surface area contributed by atoms with Crippen molar-refractivity contribution in [1.82, 2.24) is 0 Å². The number of furan rings is 1. The molecule has 1 aliphatic rings. The van der Waals surface area contributed by atoms with Crippen LogP contribution in [0.2, 0.25) is 0 Å². The van der Waals surface area contributed by atoms with Crippen molar-refractivity contribution >= 4 is 14.7 Å². The Morgan fingerprint density at radius 2 is 1.88 bits per heavy atom. The highest BCUT2D eigenvalue weighted by Crippen LogP contribution is 1.98. The molecular weight excluding hydrogens is 223 g/mol. The molecule has 2 rings (SSSR count). The fourth-order valence-corrected chi connectivity index (χ4v) is 1.20. The molecule has 94 valence electrons. The second-order valence-corrected chi connectivity index (χ2v) is 3.69. The van der Waals surface area contributed by atoms with E-state index >= 15 is 0 Å². The Balaban J connectivity index is 0.000000213. The molecule has 0 aliphatic carbocycles. The molecule has 1 atom stereocenters. The van der Waals surface area contributed by atoms with Crippen molar-refractivity contribution in [3.63, 3.8) is 0 Å². The Morgan fingerprint density at radius 1 is 1.25 bits per heavy atom. The molecule has 16 heavy (non-hydrogen) atoms. The van der Waals surface area contributed by atoms with Crippen molar-refractivity contribution in [3.05, 3.63) is 18.4 Å². The summed E-state index contributed by atoms with van der Waals surface area (Å²) in [6.45, 7) is 7.67. The SMILES string of the molecule is C1CCOC1.CCOCC.Pc1ccco1. The van der Waals surface area contributed by atoms with E-state index in [2.05, 4.69) is 9.24 Å². The second-order valence-electron chi connectivity index (χ2n) is 3.12. The van der Waals surface area contributed by atoms with Crippen LogP contribution in [0.15, 0.2) is 22.8 Å². The molecule has 2 heterocycles. The molecule has 0 aromatic carbocycles. The molecule has 0 bridgehead atoms. The van der Waals surface area contributed by atoms with Crippen LogP contribution in [0.5, 0.6) is 0 Å². The van der Waals surface area contributed by atoms with Crippen LogP contribution < -0.4 is 5.50 Å². The average Bonchev–Trinajstić information content (AvgIpc) is 2.94. The number of ether oxygens (including phenoxy) is 2. The second kappa shape index (κ2) is 12.7. The molecule has 1 aromatic heterocycles. The van der Waals surface area contributed by atoms with E-state index < -0.39 is 0 Å². The van der Waals surface area contributed by atoms with Gasteiger partial charge in [0, 0.05) is 26.4 Å². The van der Waals surface area contributed by atoms with Gasteiger partial charge in [0.2, 0.25) is 0 Å². The third-order valence-corrected chi connectivity index (χ3v) is 2.11. The molecule has 1 aliphatic heterocycles. The summed E-state index contributed by atoms with van der Waals surface area (Å²) in [5.74, 6) is 0. The van der Waals surface area contributed by atoms with E-state index in [0.717, 1.165) is 31.9 Å². The number of rotatable bonds is 2. The first-order valence-electron chi connectivity index (χ1n) is 5.75. The summed E-state index contributed by atoms with van der Waals surface area (Å²) in [6, 6.07) is 3.73. The predicted octanol–water partition coefficient (Wildman–Crippen LogP) is 2.62. The van der Waals surface area contributed by atoms with Crippen LogP contribution in [-0.2, 0) is 9.47 Å². The van der Waals surface area contributed by atoms with Gasteiger partial charge < -0.3 is 13.9 Å². The van der Waals surface area contributed by atoms with Crippen molar-refractivity contribution in [2.24, 2.45) is 0 Å². The van der Waals surface area contributed by atoms with Crippen LogP contribution in [0.3, 0.4) is 0 Å². The fourth-order valence-electron chi connectivity index (χ4n) is 1.01. The molecule has 0 N–H and O–H groups in total. The zero-order valence-corrected chi connectivity index (χ0v) is 11.4. The van der Waals surface area contributed by atoms with Crippen molar-refractivity contribution in [2.75, 3.05) is 26.4 Å². The Labute approximate surface area is 101 Å². The molecule has 0 spiro atoms. The van der Waals surface area contributed by atoms with Gasteiger partial charge in [0.15, 0.2) is 0 Å². The Morgan fingerprint density at radius 3 is 2.00 bits per heavy atom. The molecule has 1 unspecified atom stereocenters. The minimum absolute atomic E-state index is 0.844. The predicted molar refractivity (Wildman–Crippen MR) is 70.3 cm³/mol. The minimum Gasteiger partial charge on any atom is -0.465 e. The zero-order chi connectivity index (χ0) is 12.1. The van der Waals surface area contributed by atoms with Gasteiger partial charge in [0.1, 0.15) is 5.50 Å². The first-order valence-corrected chi connectivity index (χ1v) is 6.33. The maximum Gasteiger partial charge on any atom is 0.119 e. The lowest BCUT2D eigenvalue weighted by molar-refractivity contribution is 0.162. The molecule has 1 fully saturated rings. The summed E-state index contributed by atoms with van der Waals surface area (Å²) in [5, 5.41) is 0. The zero-order valence-electron chi connectivity index (χ0n) is 10.3. The summed E-state index contributed by atoms with van der Waals surface area (Å²) in [5.41, 5.74) is 0.884. The lowest BCUT2D eigenvalue weighted by Crippen LogP contribution is -1.84. The molecular formula is C12H23O3P. The third kappa shape index (κ3) is 11.7. The molecule has 0 radical (unpaired) electrons. The van der Waals surface area contributed by atoms with Gasteiger partial charge in [-0.05, 0) is 38.8 Å². The van der Waals surface area contributed by atoms with Crippen LogP contribution in [0.4, 0.5) is 0 Å². The Hall–Kier alpha value is -0.370. The van der Waals surface area contributed by atoms with Gasteiger partial charge in [-0.15, -0.1) is 0 Å². The number of hydrogen-bond donors (Lipinski definition) is 0. The quantitative estimate of drug-likeness (QED) is 0.752. The summed E-state index contributed by atoms with van der Waals surface area (Å²) < 4.78 is 14.6. The monoisotopic (exact) mass is 246 g/mol. The standard InChI is InChI=1S/C4H5OP.C4H8O.C4H10O/c6-4-2-1-3-5-4;1-2-4-5-3-1;1-3-5-4-2/h1-3H,6H2;1-4H2;3-4H2,1-2H3. The maximum absolute atomic E-state index is 4.94. The van der Waals surface area contributed by atoms with Crippen LogP contribution in [0.1, 0.15) is 26.7 Å². The van der Waals surface area contributed by atoms with Crippen LogP contribution in [-0.4, -0.2) is 26.4 Å². The van der Waals surface area contributed by atoms with Crippen molar-refractivity contribution < 1.29 is 13.9 Å². The smallest absolute Gasteiger partial charge is 0.119 e. The fraction of sp³-hybridized carbons (Fsp3) is 0.667. The highest BCUT2D eigenvalue weighted by molar-refractivity contribution is 7.26. The first-order chi connectivity index (χ1) is 7.81. The largest absolute Gasteiger partial charge is 0.465 e. The van der Waals surface area contributed by atoms with Crippen molar-refractivity contribution in [1.29, 1.82) is 0 Å². The number of hydrogen-bond acceptors (Lipinski definition) is 3. The van der Waals surface area contributed by atoms with E-state index in [4.69, 9.17) is 13.9 Å². The summed E-state index contributed by atoms with van der Waals surface area (Å²) in [4.78, 5) is 0. The van der Waals surface area contributed by atoms with E-state index in [9.17, 15) is 0 Å². The lowest BCUT2D eigenvalue weighted by Gasteiger charge is -1.86. The molecule has 1 saturated heterocycles. The van der Waals surface area contributed by atoms with Crippen LogP contribution in [0, 0.1) is 0 Å². The molecule has 0 amide bonds. The van der Waals surface area contributed by atoms with Gasteiger partial charge in [-0.2, -0.15) is 0 Å². The molecule has 0 saturated carbocycles. The highest BCUT2D eigenvalue weighted by atomic mass is 31.0. The topological polar surface area (TPSA) is 31.6 Å². The van der Waals surface area contributed by atoms with Crippen LogP contribution in [0.25, 0.3) is 0 Å². The molecule has 4 heteroatoms. The van der Waals surface area contributed by atoms with Gasteiger partial charge in [-0.3, -0.25) is 0 Å². The summed E-state index contributed by atoms with van der Waals surface area (Å²) in [6.07, 6.45) is 4.20. The lowest BCUT2D eigenvalue weighted by atomic mass is 10.4. The molecule has 3 nitrogen and oxygen atoms in total. The van der Waals surface area contributed by atoms with Gasteiger partial charge in [-0.1, -0.05) is 9.24 Å². The third-order valence-electron chi connectivity index (χ3n) is 1.78. The normalized spacial score (nSPS) is 13.4. The summed E-state index contributed by atoms with van der Waals surface area (Å²) >= 11 is 0. The average molecular weight is 246 g/mol. The summed E-state index contributed by atoms with van der Waals surface area (Å²) in [7, 11) is 2.45. The molecule has 1 aromatic rings. The van der Waals surface area contributed by atoms with E-state index in [0.29, 0.717) is 0 Å². The van der Waals surface area contributed by atoms with Gasteiger partial charge in [0.25, 0.3) is 0 Å². The first kappa shape index (κ1) is 15.6. The van der Waals surface area contributed by atoms with E-state index in [1.807, 2.05) is 26.0 Å². The van der Waals surface area contributed by atoms with Crippen molar-refractivity contribution in [3.8, 4) is 0 Å². The highest BCUT2D eigenvalue weighted by Gasteiger charge is 1.94. The Kier molecular flexibility index (Phi) is 12.4. The van der Waals surface area contributed by atoms with E-state index in [-0.39, 0.29) is 0 Å². The van der Waals surface area contributed by atoms with Gasteiger partial charge in [0.05, 0.1) is 6.26 Å².